The summed E-state index contributed by atoms with van der Waals surface area (Å²) in [5, 5.41) is 18.2. The maximum Gasteiger partial charge on any atom is 0.309 e. The molecule has 1 saturated carbocycles. The molecule has 1 spiro atoms. The average Bonchev–Trinajstić information content (AvgIpc) is 3.54. The summed E-state index contributed by atoms with van der Waals surface area (Å²) >= 11 is 0. The Hall–Kier alpha value is -1.14. The number of likely N-dealkylation sites (tertiary alicyclic amines) is 1. The number of carbonyl (C=O) groups excluding carboxylic acids is 1. The van der Waals surface area contributed by atoms with E-state index >= 15 is 0 Å². The van der Waals surface area contributed by atoms with Gasteiger partial charge in [0.15, 0.2) is 0 Å². The van der Waals surface area contributed by atoms with Crippen LogP contribution in [-0.4, -0.2) is 59.4 Å². The summed E-state index contributed by atoms with van der Waals surface area (Å²) in [7, 11) is 0. The zero-order chi connectivity index (χ0) is 38.8. The van der Waals surface area contributed by atoms with Crippen molar-refractivity contribution >= 4 is 11.9 Å². The minimum absolute atomic E-state index is 0.0903. The second kappa shape index (κ2) is 34.1. The molecular weight excluding hydrogens is 659 g/mol. The molecule has 2 aliphatic rings. The van der Waals surface area contributed by atoms with Crippen LogP contribution in [0.25, 0.3) is 0 Å². The number of aliphatic hydroxyl groups excluding tert-OH is 1. The van der Waals surface area contributed by atoms with Gasteiger partial charge in [-0.1, -0.05) is 169 Å². The molecule has 0 radical (unpaired) electrons. The number of esters is 1. The van der Waals surface area contributed by atoms with Gasteiger partial charge >= 0.3 is 11.9 Å². The smallest absolute Gasteiger partial charge is 0.309 e. The lowest BCUT2D eigenvalue weighted by Crippen LogP contribution is -2.39. The minimum Gasteiger partial charge on any atom is -0.481 e. The van der Waals surface area contributed by atoms with E-state index in [0.717, 1.165) is 70.8 Å². The lowest BCUT2D eigenvalue weighted by molar-refractivity contribution is -0.155. The fourth-order valence-electron chi connectivity index (χ4n) is 8.77. The summed E-state index contributed by atoms with van der Waals surface area (Å²) in [5.74, 6) is -0.432. The number of hydrogen-bond donors (Lipinski definition) is 2. The fraction of sp³-hybridized carbons (Fsp3) is 0.957. The van der Waals surface area contributed by atoms with Crippen LogP contribution in [0.15, 0.2) is 0 Å². The molecule has 2 rings (SSSR count). The van der Waals surface area contributed by atoms with Crippen LogP contribution in [0.3, 0.4) is 0 Å². The number of carbonyl (C=O) groups is 2. The Balaban J connectivity index is 0.000000628. The van der Waals surface area contributed by atoms with Gasteiger partial charge in [0.2, 0.25) is 0 Å². The molecule has 3 atom stereocenters. The largest absolute Gasteiger partial charge is 0.481 e. The molecule has 314 valence electrons. The van der Waals surface area contributed by atoms with Gasteiger partial charge in [0.1, 0.15) is 6.10 Å². The summed E-state index contributed by atoms with van der Waals surface area (Å²) < 4.78 is 6.19. The summed E-state index contributed by atoms with van der Waals surface area (Å²) in [6.45, 7) is 12.7. The zero-order valence-corrected chi connectivity index (χ0v) is 36.0. The molecule has 53 heavy (non-hydrogen) atoms. The van der Waals surface area contributed by atoms with E-state index in [-0.39, 0.29) is 23.9 Å². The summed E-state index contributed by atoms with van der Waals surface area (Å²) in [6.07, 6.45) is 39.6. The second-order valence-electron chi connectivity index (χ2n) is 17.3. The van der Waals surface area contributed by atoms with E-state index in [2.05, 4.69) is 32.6 Å². The predicted molar refractivity (Wildman–Crippen MR) is 226 cm³/mol. The quantitative estimate of drug-likeness (QED) is 0.0513. The zero-order valence-electron chi connectivity index (χ0n) is 36.0. The van der Waals surface area contributed by atoms with Crippen LogP contribution in [0, 0.1) is 17.3 Å². The molecule has 1 saturated heterocycles. The van der Waals surface area contributed by atoms with Gasteiger partial charge in [0, 0.05) is 6.61 Å². The van der Waals surface area contributed by atoms with Crippen LogP contribution in [0.4, 0.5) is 0 Å². The van der Waals surface area contributed by atoms with Gasteiger partial charge in [0.25, 0.3) is 0 Å². The number of ether oxygens (including phenoxy) is 1. The number of hydrogen-bond acceptors (Lipinski definition) is 5. The van der Waals surface area contributed by atoms with Gasteiger partial charge in [-0.3, -0.25) is 9.59 Å². The Bertz CT molecular complexity index is 841. The first-order valence-electron chi connectivity index (χ1n) is 23.6. The van der Waals surface area contributed by atoms with Crippen LogP contribution < -0.4 is 0 Å². The Labute approximate surface area is 329 Å². The van der Waals surface area contributed by atoms with E-state index in [1.54, 1.807) is 0 Å². The first-order valence-corrected chi connectivity index (χ1v) is 23.6. The predicted octanol–water partition coefficient (Wildman–Crippen LogP) is 13.5. The van der Waals surface area contributed by atoms with E-state index in [4.69, 9.17) is 9.84 Å². The van der Waals surface area contributed by atoms with Gasteiger partial charge in [-0.15, -0.1) is 0 Å². The number of unbranched alkanes of at least 4 members (excludes halogenated alkanes) is 19. The van der Waals surface area contributed by atoms with Crippen molar-refractivity contribution < 1.29 is 24.5 Å². The fourth-order valence-corrected chi connectivity index (χ4v) is 8.77. The topological polar surface area (TPSA) is 87.1 Å². The number of carboxylic acid groups (broad SMARTS) is 1. The second-order valence-corrected chi connectivity index (χ2v) is 17.3. The molecule has 3 unspecified atom stereocenters. The molecule has 2 fully saturated rings. The van der Waals surface area contributed by atoms with E-state index in [0.29, 0.717) is 12.0 Å². The standard InChI is InChI=1S/C30H57NO3.C17H34O2/c1-3-5-7-9-10-11-13-17-27(16-12-8-6-4-2)29(33)34-28-18-19-30(26-28)20-23-31(24-21-30)22-14-15-25-32;1-3-5-7-9-10-11-13-15-16(17(18)19)14-12-8-6-4-2/h27-28,32H,3-26H2,1-2H3;16H,3-15H2,1-2H3,(H,18,19). The van der Waals surface area contributed by atoms with Crippen LogP contribution >= 0.6 is 0 Å². The van der Waals surface area contributed by atoms with Crippen molar-refractivity contribution in [1.29, 1.82) is 0 Å². The normalized spacial score (nSPS) is 18.1. The Morgan fingerprint density at radius 3 is 1.43 bits per heavy atom. The van der Waals surface area contributed by atoms with Gasteiger partial charge in [0.05, 0.1) is 11.8 Å². The third-order valence-corrected chi connectivity index (χ3v) is 12.5. The molecule has 6 heteroatoms. The molecule has 6 nitrogen and oxygen atoms in total. The van der Waals surface area contributed by atoms with Crippen LogP contribution in [0.1, 0.15) is 240 Å². The van der Waals surface area contributed by atoms with E-state index < -0.39 is 5.97 Å². The van der Waals surface area contributed by atoms with Crippen molar-refractivity contribution in [2.24, 2.45) is 17.3 Å². The molecule has 1 aliphatic heterocycles. The van der Waals surface area contributed by atoms with Crippen molar-refractivity contribution in [1.82, 2.24) is 4.90 Å². The van der Waals surface area contributed by atoms with Crippen LogP contribution in [0.5, 0.6) is 0 Å². The van der Waals surface area contributed by atoms with Crippen LogP contribution in [0.2, 0.25) is 0 Å². The summed E-state index contributed by atoms with van der Waals surface area (Å²) in [6, 6.07) is 0. The average molecular weight is 750 g/mol. The third-order valence-electron chi connectivity index (χ3n) is 12.5. The summed E-state index contributed by atoms with van der Waals surface area (Å²) in [5.41, 5.74) is 0.410. The van der Waals surface area contributed by atoms with Gasteiger partial charge in [-0.05, 0) is 95.7 Å². The Morgan fingerprint density at radius 2 is 1.00 bits per heavy atom. The lowest BCUT2D eigenvalue weighted by atomic mass is 9.77. The molecule has 0 aromatic heterocycles. The molecule has 1 heterocycles. The number of aliphatic hydroxyl groups is 1. The molecule has 0 aromatic rings. The van der Waals surface area contributed by atoms with Gasteiger partial charge in [-0.2, -0.15) is 0 Å². The number of rotatable bonds is 33. The first-order chi connectivity index (χ1) is 25.8. The number of nitrogens with zero attached hydrogens (tertiary/aromatic N) is 1. The van der Waals surface area contributed by atoms with Gasteiger partial charge in [-0.25, -0.2) is 0 Å². The maximum atomic E-state index is 13.2. The SMILES string of the molecule is CCCCCCCCCC(CCCCCC)C(=O)O.CCCCCCCCCC(CCCCCC)C(=O)OC1CCC2(CCN(CCCCO)CC2)C1. The number of piperidine rings is 1. The van der Waals surface area contributed by atoms with E-state index in [1.165, 1.54) is 161 Å². The monoisotopic (exact) mass is 750 g/mol. The summed E-state index contributed by atoms with van der Waals surface area (Å²) in [4.78, 5) is 26.9. The highest BCUT2D eigenvalue weighted by Gasteiger charge is 2.43. The van der Waals surface area contributed by atoms with Crippen molar-refractivity contribution in [3.8, 4) is 0 Å². The lowest BCUT2D eigenvalue weighted by Gasteiger charge is -2.39. The highest BCUT2D eigenvalue weighted by Crippen LogP contribution is 2.47. The van der Waals surface area contributed by atoms with E-state index in [9.17, 15) is 14.7 Å². The maximum absolute atomic E-state index is 13.2. The van der Waals surface area contributed by atoms with Crippen molar-refractivity contribution in [3.63, 3.8) is 0 Å². The number of aliphatic carboxylic acids is 1. The Kier molecular flexibility index (Phi) is 32.1. The molecule has 0 aromatic carbocycles. The molecular formula is C47H91NO5. The third kappa shape index (κ3) is 25.6. The van der Waals surface area contributed by atoms with E-state index in [1.807, 2.05) is 0 Å². The van der Waals surface area contributed by atoms with Crippen molar-refractivity contribution in [2.45, 2.75) is 246 Å². The first kappa shape index (κ1) is 49.9. The van der Waals surface area contributed by atoms with Crippen molar-refractivity contribution in [2.75, 3.05) is 26.2 Å². The highest BCUT2D eigenvalue weighted by atomic mass is 16.5. The molecule has 2 N–H and O–H groups in total. The Morgan fingerprint density at radius 1 is 0.585 bits per heavy atom. The van der Waals surface area contributed by atoms with Crippen LogP contribution in [-0.2, 0) is 14.3 Å². The molecule has 0 bridgehead atoms. The highest BCUT2D eigenvalue weighted by molar-refractivity contribution is 5.72. The number of carboxylic acids is 1. The van der Waals surface area contributed by atoms with Gasteiger partial charge < -0.3 is 19.8 Å². The minimum atomic E-state index is -0.581. The molecule has 0 amide bonds. The molecule has 1 aliphatic carbocycles. The van der Waals surface area contributed by atoms with Crippen molar-refractivity contribution in [3.05, 3.63) is 0 Å².